The highest BCUT2D eigenvalue weighted by atomic mass is 16.1. The minimum absolute atomic E-state index is 0.254. The molecule has 0 aromatic heterocycles. The summed E-state index contributed by atoms with van der Waals surface area (Å²) in [6.45, 7) is 8.21. The van der Waals surface area contributed by atoms with E-state index in [0.29, 0.717) is 12.5 Å². The maximum Gasteiger partial charge on any atom is 0.164 e. The summed E-state index contributed by atoms with van der Waals surface area (Å²) >= 11 is 0. The van der Waals surface area contributed by atoms with Gasteiger partial charge in [0.05, 0.1) is 0 Å². The number of nitrogens with zero attached hydrogens (tertiary/aromatic N) is 1. The Morgan fingerprint density at radius 1 is 1.50 bits per heavy atom. The summed E-state index contributed by atoms with van der Waals surface area (Å²) in [5, 5.41) is 3.36. The number of carbonyl (C=O) groups excluding carboxylic acids is 1. The van der Waals surface area contributed by atoms with Crippen molar-refractivity contribution < 1.29 is 4.79 Å². The van der Waals surface area contributed by atoms with Gasteiger partial charge in [-0.05, 0) is 19.9 Å². The number of nitrogens with one attached hydrogen (secondary N) is 1. The molecule has 1 aliphatic heterocycles. The van der Waals surface area contributed by atoms with E-state index in [1.807, 2.05) is 31.2 Å². The van der Waals surface area contributed by atoms with Crippen LogP contribution in [-0.4, -0.2) is 42.9 Å². The number of benzene rings is 1. The molecular weight excluding hydrogens is 224 g/mol. The molecule has 0 aliphatic carbocycles. The first kappa shape index (κ1) is 13.2. The average Bonchev–Trinajstić information content (AvgIpc) is 2.37. The largest absolute Gasteiger partial charge is 0.314 e. The van der Waals surface area contributed by atoms with E-state index in [0.717, 1.165) is 37.3 Å². The van der Waals surface area contributed by atoms with Crippen molar-refractivity contribution in [2.75, 3.05) is 26.2 Å². The van der Waals surface area contributed by atoms with Gasteiger partial charge in [-0.15, -0.1) is 0 Å². The Hall–Kier alpha value is -1.19. The lowest BCUT2D eigenvalue weighted by atomic mass is 10.1. The van der Waals surface area contributed by atoms with Gasteiger partial charge in [0.15, 0.2) is 5.78 Å². The van der Waals surface area contributed by atoms with Crippen molar-refractivity contribution in [2.24, 2.45) is 0 Å². The van der Waals surface area contributed by atoms with Gasteiger partial charge in [-0.3, -0.25) is 9.69 Å². The SMILES string of the molecule is Cc1cccc(C(=O)CCN2CCNCC2C)c1. The van der Waals surface area contributed by atoms with Crippen molar-refractivity contribution in [1.29, 1.82) is 0 Å². The number of ketones is 1. The highest BCUT2D eigenvalue weighted by molar-refractivity contribution is 5.96. The van der Waals surface area contributed by atoms with E-state index in [1.165, 1.54) is 0 Å². The molecule has 1 aromatic rings. The maximum absolute atomic E-state index is 12.1. The predicted molar refractivity (Wildman–Crippen MR) is 74.0 cm³/mol. The molecule has 1 fully saturated rings. The summed E-state index contributed by atoms with van der Waals surface area (Å²) in [5.41, 5.74) is 1.99. The zero-order valence-corrected chi connectivity index (χ0v) is 11.3. The normalized spacial score (nSPS) is 20.9. The first-order chi connectivity index (χ1) is 8.66. The Kier molecular flexibility index (Phi) is 4.50. The molecule has 0 radical (unpaired) electrons. The molecule has 1 atom stereocenters. The summed E-state index contributed by atoms with van der Waals surface area (Å²) in [5.74, 6) is 0.254. The molecule has 0 bridgehead atoms. The van der Waals surface area contributed by atoms with E-state index >= 15 is 0 Å². The minimum Gasteiger partial charge on any atom is -0.314 e. The van der Waals surface area contributed by atoms with Crippen LogP contribution in [0.2, 0.25) is 0 Å². The summed E-state index contributed by atoms with van der Waals surface area (Å²) < 4.78 is 0. The maximum atomic E-state index is 12.1. The topological polar surface area (TPSA) is 32.3 Å². The van der Waals surface area contributed by atoms with Gasteiger partial charge in [-0.2, -0.15) is 0 Å². The Bertz CT molecular complexity index is 417. The fraction of sp³-hybridized carbons (Fsp3) is 0.533. The molecule has 1 aliphatic rings. The van der Waals surface area contributed by atoms with Crippen LogP contribution in [0.3, 0.4) is 0 Å². The predicted octanol–water partition coefficient (Wildman–Crippen LogP) is 1.86. The van der Waals surface area contributed by atoms with Gasteiger partial charge < -0.3 is 5.32 Å². The molecule has 1 unspecified atom stereocenters. The molecule has 3 nitrogen and oxygen atoms in total. The summed E-state index contributed by atoms with van der Waals surface area (Å²) in [6, 6.07) is 8.40. The standard InChI is InChI=1S/C15H22N2O/c1-12-4-3-5-14(10-12)15(18)6-8-17-9-7-16-11-13(17)2/h3-5,10,13,16H,6-9,11H2,1-2H3. The average molecular weight is 246 g/mol. The Balaban J connectivity index is 1.88. The molecule has 1 heterocycles. The molecule has 0 saturated carbocycles. The molecule has 1 saturated heterocycles. The van der Waals surface area contributed by atoms with E-state index in [4.69, 9.17) is 0 Å². The van der Waals surface area contributed by atoms with Crippen LogP contribution in [0.4, 0.5) is 0 Å². The fourth-order valence-electron chi connectivity index (χ4n) is 2.42. The van der Waals surface area contributed by atoms with Crippen LogP contribution in [0, 0.1) is 6.92 Å². The lowest BCUT2D eigenvalue weighted by Crippen LogP contribution is -2.50. The Morgan fingerprint density at radius 2 is 2.33 bits per heavy atom. The monoisotopic (exact) mass is 246 g/mol. The molecule has 1 aromatic carbocycles. The van der Waals surface area contributed by atoms with Crippen molar-refractivity contribution in [3.63, 3.8) is 0 Å². The van der Waals surface area contributed by atoms with Gasteiger partial charge in [0.25, 0.3) is 0 Å². The second-order valence-corrected chi connectivity index (χ2v) is 5.13. The van der Waals surface area contributed by atoms with Crippen molar-refractivity contribution in [3.8, 4) is 0 Å². The number of carbonyl (C=O) groups is 1. The lowest BCUT2D eigenvalue weighted by Gasteiger charge is -2.33. The number of rotatable bonds is 4. The quantitative estimate of drug-likeness (QED) is 0.823. The Labute approximate surface area is 109 Å². The van der Waals surface area contributed by atoms with Crippen LogP contribution in [0.15, 0.2) is 24.3 Å². The molecule has 3 heteroatoms. The van der Waals surface area contributed by atoms with Gasteiger partial charge >= 0.3 is 0 Å². The van der Waals surface area contributed by atoms with Crippen LogP contribution in [0.25, 0.3) is 0 Å². The molecule has 2 rings (SSSR count). The van der Waals surface area contributed by atoms with Crippen LogP contribution >= 0.6 is 0 Å². The molecular formula is C15H22N2O. The number of hydrogen-bond acceptors (Lipinski definition) is 3. The van der Waals surface area contributed by atoms with E-state index in [9.17, 15) is 4.79 Å². The third kappa shape index (κ3) is 3.40. The van der Waals surface area contributed by atoms with Crippen molar-refractivity contribution in [2.45, 2.75) is 26.3 Å². The molecule has 1 N–H and O–H groups in total. The number of Topliss-reactive ketones (excluding diaryl/α,β-unsaturated/α-hetero) is 1. The van der Waals surface area contributed by atoms with Crippen molar-refractivity contribution in [1.82, 2.24) is 10.2 Å². The minimum atomic E-state index is 0.254. The molecule has 98 valence electrons. The molecule has 18 heavy (non-hydrogen) atoms. The van der Waals surface area contributed by atoms with E-state index in [-0.39, 0.29) is 5.78 Å². The highest BCUT2D eigenvalue weighted by Crippen LogP contribution is 2.09. The number of hydrogen-bond donors (Lipinski definition) is 1. The summed E-state index contributed by atoms with van der Waals surface area (Å²) in [7, 11) is 0. The molecule has 0 amide bonds. The van der Waals surface area contributed by atoms with Crippen LogP contribution in [0.5, 0.6) is 0 Å². The van der Waals surface area contributed by atoms with Gasteiger partial charge in [0, 0.05) is 44.2 Å². The zero-order valence-electron chi connectivity index (χ0n) is 11.3. The smallest absolute Gasteiger partial charge is 0.164 e. The zero-order chi connectivity index (χ0) is 13.0. The van der Waals surface area contributed by atoms with Gasteiger partial charge in [-0.25, -0.2) is 0 Å². The van der Waals surface area contributed by atoms with Crippen LogP contribution in [-0.2, 0) is 0 Å². The van der Waals surface area contributed by atoms with E-state index in [1.54, 1.807) is 0 Å². The van der Waals surface area contributed by atoms with Gasteiger partial charge in [-0.1, -0.05) is 23.8 Å². The fourth-order valence-corrected chi connectivity index (χ4v) is 2.42. The van der Waals surface area contributed by atoms with Crippen molar-refractivity contribution >= 4 is 5.78 Å². The first-order valence-corrected chi connectivity index (χ1v) is 6.71. The highest BCUT2D eigenvalue weighted by Gasteiger charge is 2.18. The second-order valence-electron chi connectivity index (χ2n) is 5.13. The third-order valence-corrected chi connectivity index (χ3v) is 3.61. The second kappa shape index (κ2) is 6.12. The van der Waals surface area contributed by atoms with E-state index < -0.39 is 0 Å². The summed E-state index contributed by atoms with van der Waals surface area (Å²) in [4.78, 5) is 14.5. The first-order valence-electron chi connectivity index (χ1n) is 6.71. The van der Waals surface area contributed by atoms with E-state index in [2.05, 4.69) is 17.1 Å². The lowest BCUT2D eigenvalue weighted by molar-refractivity contribution is 0.0942. The Morgan fingerprint density at radius 3 is 3.06 bits per heavy atom. The van der Waals surface area contributed by atoms with Gasteiger partial charge in [0.1, 0.15) is 0 Å². The summed E-state index contributed by atoms with van der Waals surface area (Å²) in [6.07, 6.45) is 0.619. The van der Waals surface area contributed by atoms with Crippen LogP contribution in [0.1, 0.15) is 29.3 Å². The number of aryl methyl sites for hydroxylation is 1. The number of piperazine rings is 1. The third-order valence-electron chi connectivity index (χ3n) is 3.61. The van der Waals surface area contributed by atoms with Gasteiger partial charge in [0.2, 0.25) is 0 Å². The van der Waals surface area contributed by atoms with Crippen LogP contribution < -0.4 is 5.32 Å². The van der Waals surface area contributed by atoms with Crippen molar-refractivity contribution in [3.05, 3.63) is 35.4 Å². The molecule has 0 spiro atoms.